The van der Waals surface area contributed by atoms with Gasteiger partial charge in [-0.05, 0) is 193 Å². The predicted octanol–water partition coefficient (Wildman–Crippen LogP) is 12.6. The minimum absolute atomic E-state index is 0.116. The van der Waals surface area contributed by atoms with Gasteiger partial charge in [0.25, 0.3) is 0 Å². The average molecular weight is 857 g/mol. The Labute approximate surface area is 377 Å². The van der Waals surface area contributed by atoms with E-state index in [2.05, 4.69) is 19.1 Å². The van der Waals surface area contributed by atoms with Gasteiger partial charge in [0.2, 0.25) is 0 Å². The Morgan fingerprint density at radius 2 is 0.641 bits per heavy atom. The summed E-state index contributed by atoms with van der Waals surface area (Å²) in [5.41, 5.74) is 15.7. The van der Waals surface area contributed by atoms with Gasteiger partial charge in [0, 0.05) is 35.8 Å². The third-order valence-electron chi connectivity index (χ3n) is 13.0. The number of rotatable bonds is 12. The summed E-state index contributed by atoms with van der Waals surface area (Å²) in [6.45, 7) is 17.4. The molecular weight excluding hydrogens is 797 g/mol. The zero-order chi connectivity index (χ0) is 46.3. The summed E-state index contributed by atoms with van der Waals surface area (Å²) in [6, 6.07) is 30.2. The molecule has 7 aromatic carbocycles. The van der Waals surface area contributed by atoms with E-state index in [0.29, 0.717) is 46.2 Å². The van der Waals surface area contributed by atoms with Crippen LogP contribution >= 0.6 is 0 Å². The summed E-state index contributed by atoms with van der Waals surface area (Å²) in [6.07, 6.45) is 2.50. The van der Waals surface area contributed by atoms with E-state index in [1.807, 2.05) is 104 Å². The Balaban J connectivity index is 1.32. The first-order valence-corrected chi connectivity index (χ1v) is 22.0. The normalized spacial score (nSPS) is 11.5. The standard InChI is InChI=1S/C57H60O7/c1-10-11-38-24-41(26-39-12-14-49(58)47(28-39)55(43-16-34(6)51(60)20-30(43)2)44-17-35(7)52(61)21-31(44)3)57(64)42(25-38)27-40-13-15-50(59)48(29-40)56(45-18-36(8)53(62)22-32(45)4)46-19-37(9)54(63)23-33(46)5/h12-25,28-29,55-56,58-64H,10-11,26-27H2,1-9H3. The molecule has 0 saturated carbocycles. The molecule has 330 valence electrons. The van der Waals surface area contributed by atoms with Gasteiger partial charge in [0.15, 0.2) is 0 Å². The Bertz CT molecular complexity index is 2620. The molecule has 7 aromatic rings. The van der Waals surface area contributed by atoms with Crippen molar-refractivity contribution in [3.05, 3.63) is 203 Å². The molecule has 0 heterocycles. The fraction of sp³-hybridized carbons (Fsp3) is 0.263. The lowest BCUT2D eigenvalue weighted by atomic mass is 9.79. The Morgan fingerprint density at radius 1 is 0.328 bits per heavy atom. The highest BCUT2D eigenvalue weighted by Crippen LogP contribution is 2.45. The lowest BCUT2D eigenvalue weighted by Crippen LogP contribution is -2.09. The van der Waals surface area contributed by atoms with Gasteiger partial charge in [-0.3, -0.25) is 0 Å². The summed E-state index contributed by atoms with van der Waals surface area (Å²) in [5.74, 6) is 0.353. The predicted molar refractivity (Wildman–Crippen MR) is 256 cm³/mol. The van der Waals surface area contributed by atoms with E-state index in [-0.39, 0.29) is 40.2 Å². The van der Waals surface area contributed by atoms with E-state index in [1.165, 1.54) is 0 Å². The quantitative estimate of drug-likeness (QED) is 0.0607. The third kappa shape index (κ3) is 8.98. The number of benzene rings is 7. The van der Waals surface area contributed by atoms with Crippen molar-refractivity contribution in [3.63, 3.8) is 0 Å². The molecule has 0 aliphatic heterocycles. The van der Waals surface area contributed by atoms with E-state index in [1.54, 1.807) is 36.4 Å². The van der Waals surface area contributed by atoms with Crippen LogP contribution in [0.15, 0.2) is 97.1 Å². The minimum atomic E-state index is -0.426. The fourth-order valence-electron chi connectivity index (χ4n) is 9.41. The van der Waals surface area contributed by atoms with Crippen LogP contribution < -0.4 is 0 Å². The molecular formula is C57H60O7. The van der Waals surface area contributed by atoms with Crippen LogP contribution in [-0.2, 0) is 19.3 Å². The molecule has 0 spiro atoms. The van der Waals surface area contributed by atoms with Crippen LogP contribution in [-0.4, -0.2) is 35.7 Å². The van der Waals surface area contributed by atoms with E-state index >= 15 is 0 Å². The van der Waals surface area contributed by atoms with Crippen LogP contribution in [0.2, 0.25) is 0 Å². The van der Waals surface area contributed by atoms with E-state index in [4.69, 9.17) is 0 Å². The molecule has 0 atom stereocenters. The Kier molecular flexibility index (Phi) is 12.8. The summed E-state index contributed by atoms with van der Waals surface area (Å²) in [5, 5.41) is 77.9. The smallest absolute Gasteiger partial charge is 0.122 e. The van der Waals surface area contributed by atoms with Crippen molar-refractivity contribution in [2.24, 2.45) is 0 Å². The largest absolute Gasteiger partial charge is 0.508 e. The lowest BCUT2D eigenvalue weighted by Gasteiger charge is -2.26. The molecule has 64 heavy (non-hydrogen) atoms. The number of aromatic hydroxyl groups is 7. The van der Waals surface area contributed by atoms with Crippen LogP contribution in [0.1, 0.15) is 131 Å². The summed E-state index contributed by atoms with van der Waals surface area (Å²) < 4.78 is 0. The highest BCUT2D eigenvalue weighted by atomic mass is 16.3. The monoisotopic (exact) mass is 856 g/mol. The van der Waals surface area contributed by atoms with Crippen molar-refractivity contribution in [2.75, 3.05) is 0 Å². The van der Waals surface area contributed by atoms with Gasteiger partial charge < -0.3 is 35.7 Å². The highest BCUT2D eigenvalue weighted by Gasteiger charge is 2.28. The minimum Gasteiger partial charge on any atom is -0.508 e. The first-order valence-electron chi connectivity index (χ1n) is 22.0. The molecule has 0 saturated heterocycles. The van der Waals surface area contributed by atoms with E-state index in [9.17, 15) is 35.7 Å². The number of hydrogen-bond donors (Lipinski definition) is 7. The summed E-state index contributed by atoms with van der Waals surface area (Å²) in [7, 11) is 0. The zero-order valence-corrected chi connectivity index (χ0v) is 38.4. The van der Waals surface area contributed by atoms with Crippen molar-refractivity contribution >= 4 is 0 Å². The number of phenols is 7. The van der Waals surface area contributed by atoms with Crippen LogP contribution in [0, 0.1) is 55.4 Å². The van der Waals surface area contributed by atoms with Crippen molar-refractivity contribution in [3.8, 4) is 40.2 Å². The van der Waals surface area contributed by atoms with Crippen molar-refractivity contribution in [1.29, 1.82) is 0 Å². The maximum Gasteiger partial charge on any atom is 0.122 e. The second-order valence-electron chi connectivity index (χ2n) is 18.0. The maximum absolute atomic E-state index is 12.2. The SMILES string of the molecule is CCCc1cc(Cc2ccc(O)c(C(c3cc(C)c(O)cc3C)c3cc(C)c(O)cc3C)c2)c(O)c(Cc2ccc(O)c(C(c3cc(C)c(O)cc3C)c3cc(C)c(O)cc3C)c2)c1. The van der Waals surface area contributed by atoms with Gasteiger partial charge in [-0.15, -0.1) is 0 Å². The van der Waals surface area contributed by atoms with Gasteiger partial charge in [-0.2, -0.15) is 0 Å². The molecule has 0 bridgehead atoms. The molecule has 7 rings (SSSR count). The summed E-state index contributed by atoms with van der Waals surface area (Å²) in [4.78, 5) is 0. The van der Waals surface area contributed by atoms with Gasteiger partial charge in [0.05, 0.1) is 0 Å². The van der Waals surface area contributed by atoms with Crippen LogP contribution in [0.3, 0.4) is 0 Å². The molecule has 0 aliphatic rings. The van der Waals surface area contributed by atoms with Gasteiger partial charge in [-0.25, -0.2) is 0 Å². The molecule has 0 aromatic heterocycles. The molecule has 0 unspecified atom stereocenters. The first kappa shape index (κ1) is 45.2. The molecule has 0 fully saturated rings. The van der Waals surface area contributed by atoms with Crippen LogP contribution in [0.4, 0.5) is 0 Å². The van der Waals surface area contributed by atoms with E-state index in [0.717, 1.165) is 85.2 Å². The topological polar surface area (TPSA) is 142 Å². The molecule has 0 radical (unpaired) electrons. The first-order chi connectivity index (χ1) is 30.3. The highest BCUT2D eigenvalue weighted by molar-refractivity contribution is 5.60. The second kappa shape index (κ2) is 18.1. The van der Waals surface area contributed by atoms with Gasteiger partial charge in [-0.1, -0.05) is 74.0 Å². The molecule has 7 N–H and O–H groups in total. The van der Waals surface area contributed by atoms with Crippen molar-refractivity contribution in [2.45, 2.75) is 99.8 Å². The molecule has 0 amide bonds. The van der Waals surface area contributed by atoms with E-state index < -0.39 is 11.8 Å². The Morgan fingerprint density at radius 3 is 0.938 bits per heavy atom. The summed E-state index contributed by atoms with van der Waals surface area (Å²) >= 11 is 0. The molecule has 7 nitrogen and oxygen atoms in total. The van der Waals surface area contributed by atoms with Gasteiger partial charge in [0.1, 0.15) is 40.2 Å². The lowest BCUT2D eigenvalue weighted by molar-refractivity contribution is 0.462. The van der Waals surface area contributed by atoms with Crippen molar-refractivity contribution in [1.82, 2.24) is 0 Å². The number of aryl methyl sites for hydroxylation is 9. The molecule has 7 heteroatoms. The molecule has 0 aliphatic carbocycles. The van der Waals surface area contributed by atoms with Gasteiger partial charge >= 0.3 is 0 Å². The second-order valence-corrected chi connectivity index (χ2v) is 18.0. The van der Waals surface area contributed by atoms with Crippen LogP contribution in [0.25, 0.3) is 0 Å². The maximum atomic E-state index is 12.2. The van der Waals surface area contributed by atoms with Crippen molar-refractivity contribution < 1.29 is 35.7 Å². The fourth-order valence-corrected chi connectivity index (χ4v) is 9.41. The number of hydrogen-bond acceptors (Lipinski definition) is 7. The Hall–Kier alpha value is -6.86. The zero-order valence-electron chi connectivity index (χ0n) is 38.4. The average Bonchev–Trinajstić information content (AvgIpc) is 3.23. The number of phenolic OH excluding ortho intramolecular Hbond substituents is 7. The third-order valence-corrected chi connectivity index (χ3v) is 13.0. The van der Waals surface area contributed by atoms with Crippen LogP contribution in [0.5, 0.6) is 40.2 Å².